The summed E-state index contributed by atoms with van der Waals surface area (Å²) in [5, 5.41) is 11.3. The van der Waals surface area contributed by atoms with E-state index < -0.39 is 0 Å². The Kier molecular flexibility index (Phi) is 4.14. The van der Waals surface area contributed by atoms with Gasteiger partial charge in [0.15, 0.2) is 0 Å². The predicted octanol–water partition coefficient (Wildman–Crippen LogP) is 1.48. The summed E-state index contributed by atoms with van der Waals surface area (Å²) in [6.45, 7) is 2.08. The number of rotatable bonds is 4. The average molecular weight is 285 g/mol. The van der Waals surface area contributed by atoms with Crippen LogP contribution in [0.15, 0.2) is 42.7 Å². The molecule has 3 rings (SSSR count). The first-order valence-electron chi connectivity index (χ1n) is 7.25. The van der Waals surface area contributed by atoms with E-state index in [0.717, 1.165) is 19.4 Å². The van der Waals surface area contributed by atoms with Crippen molar-refractivity contribution in [3.8, 4) is 0 Å². The molecule has 21 heavy (non-hydrogen) atoms. The molecule has 1 aliphatic rings. The van der Waals surface area contributed by atoms with Gasteiger partial charge in [-0.2, -0.15) is 15.0 Å². The van der Waals surface area contributed by atoms with Gasteiger partial charge in [-0.05, 0) is 18.4 Å². The van der Waals surface area contributed by atoms with Crippen molar-refractivity contribution in [2.45, 2.75) is 18.9 Å². The van der Waals surface area contributed by atoms with Crippen LogP contribution in [0.5, 0.6) is 0 Å². The molecule has 1 atom stereocenters. The molecule has 0 aliphatic carbocycles. The Hall–Kier alpha value is -2.37. The Morgan fingerprint density at radius 3 is 2.76 bits per heavy atom. The fourth-order valence-electron chi connectivity index (χ4n) is 2.60. The number of nitrogens with one attached hydrogen (secondary N) is 1. The number of aromatic nitrogens is 3. The highest BCUT2D eigenvalue weighted by Crippen LogP contribution is 2.19. The van der Waals surface area contributed by atoms with Gasteiger partial charge in [-0.15, -0.1) is 0 Å². The van der Waals surface area contributed by atoms with Crippen molar-refractivity contribution in [1.29, 1.82) is 0 Å². The number of nitrogens with zero attached hydrogens (tertiary/aromatic N) is 4. The Balaban J connectivity index is 1.44. The lowest BCUT2D eigenvalue weighted by atomic mass is 10.1. The molecule has 1 aromatic carbocycles. The molecule has 6 heteroatoms. The van der Waals surface area contributed by atoms with E-state index in [2.05, 4.69) is 27.6 Å². The molecule has 1 aromatic heterocycles. The summed E-state index contributed by atoms with van der Waals surface area (Å²) >= 11 is 0. The van der Waals surface area contributed by atoms with Crippen molar-refractivity contribution in [3.05, 3.63) is 48.3 Å². The van der Waals surface area contributed by atoms with Crippen molar-refractivity contribution in [1.82, 2.24) is 25.2 Å². The number of carbonyl (C=O) groups excluding carboxylic acids is 1. The number of carbonyl (C=O) groups is 1. The first-order valence-corrected chi connectivity index (χ1v) is 7.25. The zero-order valence-electron chi connectivity index (χ0n) is 11.9. The molecule has 2 aromatic rings. The Labute approximate surface area is 123 Å². The number of urea groups is 1. The lowest BCUT2D eigenvalue weighted by Crippen LogP contribution is -2.39. The minimum atomic E-state index is 0.000544. The Bertz CT molecular complexity index is 569. The van der Waals surface area contributed by atoms with Crippen molar-refractivity contribution in [2.75, 3.05) is 19.6 Å². The van der Waals surface area contributed by atoms with Gasteiger partial charge in [-0.25, -0.2) is 4.79 Å². The van der Waals surface area contributed by atoms with Crippen molar-refractivity contribution < 1.29 is 4.79 Å². The number of likely N-dealkylation sites (tertiary alicyclic amines) is 1. The molecule has 1 saturated heterocycles. The normalized spacial score (nSPS) is 17.9. The summed E-state index contributed by atoms with van der Waals surface area (Å²) in [5.41, 5.74) is 1.23. The molecule has 1 unspecified atom stereocenters. The van der Waals surface area contributed by atoms with Crippen LogP contribution in [-0.4, -0.2) is 45.6 Å². The molecule has 0 saturated carbocycles. The fraction of sp³-hybridized carbons (Fsp3) is 0.400. The highest BCUT2D eigenvalue weighted by atomic mass is 16.2. The molecule has 2 amide bonds. The number of hydrogen-bond acceptors (Lipinski definition) is 3. The second-order valence-electron chi connectivity index (χ2n) is 5.21. The Morgan fingerprint density at radius 1 is 1.24 bits per heavy atom. The van der Waals surface area contributed by atoms with Crippen LogP contribution in [0.1, 0.15) is 18.0 Å². The summed E-state index contributed by atoms with van der Waals surface area (Å²) in [5.74, 6) is 0. The third kappa shape index (κ3) is 3.39. The summed E-state index contributed by atoms with van der Waals surface area (Å²) in [4.78, 5) is 15.6. The van der Waals surface area contributed by atoms with Gasteiger partial charge >= 0.3 is 6.03 Å². The third-order valence-electron chi connectivity index (χ3n) is 3.75. The zero-order valence-corrected chi connectivity index (χ0v) is 11.9. The highest BCUT2D eigenvalue weighted by molar-refractivity contribution is 5.74. The van der Waals surface area contributed by atoms with Gasteiger partial charge in [0.1, 0.15) is 0 Å². The van der Waals surface area contributed by atoms with Gasteiger partial charge < -0.3 is 10.2 Å². The quantitative estimate of drug-likeness (QED) is 0.925. The van der Waals surface area contributed by atoms with Crippen LogP contribution in [0.25, 0.3) is 0 Å². The molecular weight excluding hydrogens is 266 g/mol. The van der Waals surface area contributed by atoms with Crippen LogP contribution < -0.4 is 5.32 Å². The topological polar surface area (TPSA) is 63.1 Å². The Morgan fingerprint density at radius 2 is 2.00 bits per heavy atom. The maximum atomic E-state index is 12.1. The molecule has 110 valence electrons. The minimum Gasteiger partial charge on any atom is -0.338 e. The minimum absolute atomic E-state index is 0.000544. The van der Waals surface area contributed by atoms with E-state index in [9.17, 15) is 4.79 Å². The second-order valence-corrected chi connectivity index (χ2v) is 5.21. The summed E-state index contributed by atoms with van der Waals surface area (Å²) in [6, 6.07) is 10.4. The number of hydrogen-bond donors (Lipinski definition) is 1. The number of benzene rings is 1. The lowest BCUT2D eigenvalue weighted by Gasteiger charge is -2.17. The monoisotopic (exact) mass is 285 g/mol. The number of amides is 2. The van der Waals surface area contributed by atoms with Gasteiger partial charge in [-0.3, -0.25) is 0 Å². The van der Waals surface area contributed by atoms with Crippen molar-refractivity contribution in [2.24, 2.45) is 0 Å². The molecule has 6 nitrogen and oxygen atoms in total. The molecule has 0 radical (unpaired) electrons. The van der Waals surface area contributed by atoms with Crippen molar-refractivity contribution >= 4 is 6.03 Å². The predicted molar refractivity (Wildman–Crippen MR) is 78.8 cm³/mol. The smallest absolute Gasteiger partial charge is 0.317 e. The van der Waals surface area contributed by atoms with Gasteiger partial charge in [0, 0.05) is 19.6 Å². The summed E-state index contributed by atoms with van der Waals surface area (Å²) in [7, 11) is 0. The summed E-state index contributed by atoms with van der Waals surface area (Å²) in [6.07, 6.45) is 5.09. The second kappa shape index (κ2) is 6.39. The lowest BCUT2D eigenvalue weighted by molar-refractivity contribution is 0.206. The van der Waals surface area contributed by atoms with Crippen molar-refractivity contribution in [3.63, 3.8) is 0 Å². The van der Waals surface area contributed by atoms with E-state index in [0.29, 0.717) is 13.1 Å². The molecule has 0 bridgehead atoms. The van der Waals surface area contributed by atoms with E-state index in [4.69, 9.17) is 0 Å². The standard InChI is InChI=1S/C15H19N5O/c21-15(16-8-6-13-4-2-1-3-5-13)19-11-7-14(12-19)20-17-9-10-18-20/h1-5,9-10,14H,6-8,11-12H2,(H,16,21). The van der Waals surface area contributed by atoms with Crippen LogP contribution in [0.3, 0.4) is 0 Å². The van der Waals surface area contributed by atoms with E-state index in [-0.39, 0.29) is 12.1 Å². The molecule has 1 fully saturated rings. The van der Waals surface area contributed by atoms with E-state index in [1.807, 2.05) is 23.1 Å². The average Bonchev–Trinajstić information content (AvgIpc) is 3.19. The molecular formula is C15H19N5O. The molecule has 1 N–H and O–H groups in total. The fourth-order valence-corrected chi connectivity index (χ4v) is 2.60. The van der Waals surface area contributed by atoms with Crippen LogP contribution in [0, 0.1) is 0 Å². The molecule has 0 spiro atoms. The van der Waals surface area contributed by atoms with Crippen LogP contribution in [0.4, 0.5) is 4.79 Å². The van der Waals surface area contributed by atoms with Gasteiger partial charge in [0.25, 0.3) is 0 Å². The molecule has 2 heterocycles. The first-order chi connectivity index (χ1) is 10.3. The van der Waals surface area contributed by atoms with E-state index in [1.54, 1.807) is 17.2 Å². The van der Waals surface area contributed by atoms with Gasteiger partial charge in [0.2, 0.25) is 0 Å². The van der Waals surface area contributed by atoms with E-state index >= 15 is 0 Å². The largest absolute Gasteiger partial charge is 0.338 e. The third-order valence-corrected chi connectivity index (χ3v) is 3.75. The van der Waals surface area contributed by atoms with Crippen LogP contribution in [0.2, 0.25) is 0 Å². The highest BCUT2D eigenvalue weighted by Gasteiger charge is 2.28. The SMILES string of the molecule is O=C(NCCc1ccccc1)N1CCC(n2nccn2)C1. The van der Waals surface area contributed by atoms with Gasteiger partial charge in [-0.1, -0.05) is 30.3 Å². The van der Waals surface area contributed by atoms with E-state index in [1.165, 1.54) is 5.56 Å². The first kappa shape index (κ1) is 13.6. The maximum absolute atomic E-state index is 12.1. The maximum Gasteiger partial charge on any atom is 0.317 e. The van der Waals surface area contributed by atoms with Crippen LogP contribution >= 0.6 is 0 Å². The van der Waals surface area contributed by atoms with Crippen LogP contribution in [-0.2, 0) is 6.42 Å². The zero-order chi connectivity index (χ0) is 14.5. The van der Waals surface area contributed by atoms with Gasteiger partial charge in [0.05, 0.1) is 18.4 Å². The molecule has 1 aliphatic heterocycles. The summed E-state index contributed by atoms with van der Waals surface area (Å²) < 4.78 is 0.